The molecule has 0 aliphatic carbocycles. The average molecular weight is 298 g/mol. The minimum Gasteiger partial charge on any atom is -0.457 e. The topological polar surface area (TPSA) is 61.8 Å². The van der Waals surface area contributed by atoms with E-state index in [-0.39, 0.29) is 11.5 Å². The smallest absolute Gasteiger partial charge is 0.296 e. The van der Waals surface area contributed by atoms with Gasteiger partial charge in [-0.1, -0.05) is 17.7 Å². The van der Waals surface area contributed by atoms with Crippen molar-refractivity contribution in [2.75, 3.05) is 6.61 Å². The van der Waals surface area contributed by atoms with Gasteiger partial charge in [0.1, 0.15) is 12.0 Å². The molecule has 0 amide bonds. The summed E-state index contributed by atoms with van der Waals surface area (Å²) in [5.74, 6) is -0.111. The van der Waals surface area contributed by atoms with E-state index in [1.165, 1.54) is 18.4 Å². The highest BCUT2D eigenvalue weighted by Gasteiger charge is 2.27. The molecule has 0 spiro atoms. The van der Waals surface area contributed by atoms with Gasteiger partial charge in [-0.15, -0.1) is 0 Å². The number of benzene rings is 1. The molecule has 5 nitrogen and oxygen atoms in total. The van der Waals surface area contributed by atoms with Gasteiger partial charge in [-0.25, -0.2) is 0 Å². The molecular weight excluding hydrogens is 280 g/mol. The standard InChI is InChI=1S/C14H18O5S/c1-11-4-6-13(7-5-11)20(15,16)18-9-8-12-10-17-14(2,3)19-12/h4-7,10H,8-9H2,1-3H3. The first-order valence-electron chi connectivity index (χ1n) is 6.30. The van der Waals surface area contributed by atoms with E-state index in [1.807, 2.05) is 6.92 Å². The van der Waals surface area contributed by atoms with Gasteiger partial charge >= 0.3 is 0 Å². The van der Waals surface area contributed by atoms with Gasteiger partial charge in [-0.05, 0) is 19.1 Å². The molecule has 2 rings (SSSR count). The van der Waals surface area contributed by atoms with Gasteiger partial charge in [-0.3, -0.25) is 4.18 Å². The number of rotatable bonds is 5. The normalized spacial score (nSPS) is 17.2. The van der Waals surface area contributed by atoms with Crippen LogP contribution in [0.5, 0.6) is 0 Å². The molecule has 0 saturated heterocycles. The molecule has 0 saturated carbocycles. The third kappa shape index (κ3) is 3.74. The van der Waals surface area contributed by atoms with Crippen LogP contribution in [0.15, 0.2) is 41.2 Å². The monoisotopic (exact) mass is 298 g/mol. The summed E-state index contributed by atoms with van der Waals surface area (Å²) in [6.45, 7) is 5.46. The van der Waals surface area contributed by atoms with E-state index in [4.69, 9.17) is 13.7 Å². The van der Waals surface area contributed by atoms with Crippen LogP contribution in [0.4, 0.5) is 0 Å². The third-order valence-electron chi connectivity index (χ3n) is 2.75. The molecule has 0 bridgehead atoms. The molecule has 20 heavy (non-hydrogen) atoms. The van der Waals surface area contributed by atoms with Crippen molar-refractivity contribution in [3.63, 3.8) is 0 Å². The summed E-state index contributed by atoms with van der Waals surface area (Å²) in [7, 11) is -3.72. The molecule has 0 atom stereocenters. The summed E-state index contributed by atoms with van der Waals surface area (Å²) in [5.41, 5.74) is 0.993. The van der Waals surface area contributed by atoms with E-state index >= 15 is 0 Å². The quantitative estimate of drug-likeness (QED) is 0.782. The van der Waals surface area contributed by atoms with Crippen molar-refractivity contribution in [1.29, 1.82) is 0 Å². The van der Waals surface area contributed by atoms with Crippen LogP contribution in [0.3, 0.4) is 0 Å². The molecule has 0 aromatic heterocycles. The highest BCUT2D eigenvalue weighted by Crippen LogP contribution is 2.26. The Bertz CT molecular complexity index is 599. The SMILES string of the molecule is Cc1ccc(S(=O)(=O)OCCC2=COC(C)(C)O2)cc1. The summed E-state index contributed by atoms with van der Waals surface area (Å²) in [4.78, 5) is 0.154. The molecule has 6 heteroatoms. The maximum Gasteiger partial charge on any atom is 0.296 e. The number of ether oxygens (including phenoxy) is 2. The molecule has 0 N–H and O–H groups in total. The Morgan fingerprint density at radius 3 is 2.40 bits per heavy atom. The first-order valence-corrected chi connectivity index (χ1v) is 7.71. The van der Waals surface area contributed by atoms with Crippen LogP contribution in [0.2, 0.25) is 0 Å². The average Bonchev–Trinajstić information content (AvgIpc) is 2.69. The first kappa shape index (κ1) is 14.9. The van der Waals surface area contributed by atoms with E-state index in [1.54, 1.807) is 26.0 Å². The van der Waals surface area contributed by atoms with Crippen LogP contribution in [-0.4, -0.2) is 20.8 Å². The van der Waals surface area contributed by atoms with Crippen molar-refractivity contribution in [1.82, 2.24) is 0 Å². The largest absolute Gasteiger partial charge is 0.457 e. The van der Waals surface area contributed by atoms with Crippen LogP contribution >= 0.6 is 0 Å². The lowest BCUT2D eigenvalue weighted by molar-refractivity contribution is -0.117. The van der Waals surface area contributed by atoms with Crippen LogP contribution in [0.25, 0.3) is 0 Å². The lowest BCUT2D eigenvalue weighted by Crippen LogP contribution is -2.20. The summed E-state index contributed by atoms with van der Waals surface area (Å²) in [6, 6.07) is 6.52. The second-order valence-corrected chi connectivity index (χ2v) is 6.66. The summed E-state index contributed by atoms with van der Waals surface area (Å²) < 4.78 is 39.5. The van der Waals surface area contributed by atoms with Gasteiger partial charge in [-0.2, -0.15) is 8.42 Å². The maximum absolute atomic E-state index is 11.9. The number of aryl methyl sites for hydroxylation is 1. The lowest BCUT2D eigenvalue weighted by Gasteiger charge is -2.18. The van der Waals surface area contributed by atoms with Gasteiger partial charge in [0.05, 0.1) is 11.5 Å². The summed E-state index contributed by atoms with van der Waals surface area (Å²) >= 11 is 0. The van der Waals surface area contributed by atoms with Crippen molar-refractivity contribution in [3.05, 3.63) is 41.9 Å². The van der Waals surface area contributed by atoms with E-state index in [9.17, 15) is 8.42 Å². The van der Waals surface area contributed by atoms with Crippen LogP contribution in [0, 0.1) is 6.92 Å². The predicted molar refractivity (Wildman–Crippen MR) is 73.3 cm³/mol. The zero-order valence-corrected chi connectivity index (χ0v) is 12.6. The van der Waals surface area contributed by atoms with E-state index in [2.05, 4.69) is 0 Å². The Labute approximate surface area is 119 Å². The Balaban J connectivity index is 1.89. The minimum atomic E-state index is -3.72. The second kappa shape index (κ2) is 5.46. The number of hydrogen-bond acceptors (Lipinski definition) is 5. The van der Waals surface area contributed by atoms with E-state index < -0.39 is 15.9 Å². The summed E-state index contributed by atoms with van der Waals surface area (Å²) in [5, 5.41) is 0. The molecule has 0 unspecified atom stereocenters. The molecule has 1 aliphatic heterocycles. The molecule has 0 radical (unpaired) electrons. The van der Waals surface area contributed by atoms with Crippen molar-refractivity contribution >= 4 is 10.1 Å². The van der Waals surface area contributed by atoms with Crippen LogP contribution < -0.4 is 0 Å². The zero-order chi connectivity index (χ0) is 14.8. The highest BCUT2D eigenvalue weighted by atomic mass is 32.2. The van der Waals surface area contributed by atoms with Gasteiger partial charge in [0.2, 0.25) is 5.79 Å². The van der Waals surface area contributed by atoms with Crippen molar-refractivity contribution < 1.29 is 22.1 Å². The Kier molecular flexibility index (Phi) is 4.06. The molecule has 1 aromatic rings. The molecular formula is C14H18O5S. The van der Waals surface area contributed by atoms with Crippen LogP contribution in [0.1, 0.15) is 25.8 Å². The van der Waals surface area contributed by atoms with Gasteiger partial charge in [0.25, 0.3) is 10.1 Å². The fourth-order valence-electron chi connectivity index (χ4n) is 1.71. The van der Waals surface area contributed by atoms with Crippen molar-refractivity contribution in [3.8, 4) is 0 Å². The Morgan fingerprint density at radius 2 is 1.85 bits per heavy atom. The Hall–Kier alpha value is -1.53. The Morgan fingerprint density at radius 1 is 1.20 bits per heavy atom. The van der Waals surface area contributed by atoms with Gasteiger partial charge < -0.3 is 9.47 Å². The van der Waals surface area contributed by atoms with E-state index in [0.29, 0.717) is 12.2 Å². The maximum atomic E-state index is 11.9. The van der Waals surface area contributed by atoms with Crippen molar-refractivity contribution in [2.45, 2.75) is 37.9 Å². The fourth-order valence-corrected chi connectivity index (χ4v) is 2.61. The molecule has 1 aliphatic rings. The van der Waals surface area contributed by atoms with E-state index in [0.717, 1.165) is 5.56 Å². The lowest BCUT2D eigenvalue weighted by atomic mass is 10.2. The van der Waals surface area contributed by atoms with Gasteiger partial charge in [0.15, 0.2) is 0 Å². The number of hydrogen-bond donors (Lipinski definition) is 0. The zero-order valence-electron chi connectivity index (χ0n) is 11.8. The molecule has 0 fully saturated rings. The summed E-state index contributed by atoms with van der Waals surface area (Å²) in [6.07, 6.45) is 1.83. The third-order valence-corrected chi connectivity index (χ3v) is 4.07. The van der Waals surface area contributed by atoms with Gasteiger partial charge in [0, 0.05) is 20.3 Å². The minimum absolute atomic E-state index is 0.0154. The highest BCUT2D eigenvalue weighted by molar-refractivity contribution is 7.86. The molecule has 110 valence electrons. The molecule has 1 heterocycles. The van der Waals surface area contributed by atoms with Crippen molar-refractivity contribution in [2.24, 2.45) is 0 Å². The van der Waals surface area contributed by atoms with Crippen LogP contribution in [-0.2, 0) is 23.8 Å². The molecule has 1 aromatic carbocycles. The fraction of sp³-hybridized carbons (Fsp3) is 0.429. The first-order chi connectivity index (χ1) is 9.28. The predicted octanol–water partition coefficient (Wildman–Crippen LogP) is 2.71. The second-order valence-electron chi connectivity index (χ2n) is 5.04.